The molecule has 0 radical (unpaired) electrons. The van der Waals surface area contributed by atoms with Crippen molar-refractivity contribution in [1.82, 2.24) is 5.32 Å². The Balaban J connectivity index is 2.07. The van der Waals surface area contributed by atoms with Gasteiger partial charge in [-0.25, -0.2) is 0 Å². The Hall–Kier alpha value is -0.740. The summed E-state index contributed by atoms with van der Waals surface area (Å²) in [6, 6.07) is 6.72. The smallest absolute Gasteiger partial charge is 0.142 e. The fourth-order valence-electron chi connectivity index (χ4n) is 2.47. The Kier molecular flexibility index (Phi) is 4.89. The van der Waals surface area contributed by atoms with E-state index in [1.807, 2.05) is 12.1 Å². The molecule has 1 atom stereocenters. The van der Waals surface area contributed by atoms with Crippen LogP contribution in [0, 0.1) is 0 Å². The zero-order valence-corrected chi connectivity index (χ0v) is 12.7. The van der Waals surface area contributed by atoms with E-state index in [9.17, 15) is 0 Å². The Morgan fingerprint density at radius 3 is 2.94 bits per heavy atom. The maximum Gasteiger partial charge on any atom is 0.142 e. The van der Waals surface area contributed by atoms with E-state index in [2.05, 4.69) is 39.3 Å². The van der Waals surface area contributed by atoms with E-state index in [1.54, 1.807) is 7.11 Å². The first-order valence-electron chi connectivity index (χ1n) is 6.49. The van der Waals surface area contributed by atoms with E-state index >= 15 is 0 Å². The summed E-state index contributed by atoms with van der Waals surface area (Å²) >= 11 is 3.52. The molecule has 0 bridgehead atoms. The zero-order chi connectivity index (χ0) is 13.0. The lowest BCUT2D eigenvalue weighted by Crippen LogP contribution is -2.42. The molecule has 1 unspecified atom stereocenters. The van der Waals surface area contributed by atoms with Crippen LogP contribution < -0.4 is 15.0 Å². The highest BCUT2D eigenvalue weighted by atomic mass is 79.9. The predicted octanol–water partition coefficient (Wildman–Crippen LogP) is 3.04. The van der Waals surface area contributed by atoms with Gasteiger partial charge in [-0.05, 0) is 37.6 Å². The number of halogens is 1. The van der Waals surface area contributed by atoms with E-state index in [-0.39, 0.29) is 0 Å². The largest absolute Gasteiger partial charge is 0.495 e. The lowest BCUT2D eigenvalue weighted by Gasteiger charge is -2.30. The van der Waals surface area contributed by atoms with Crippen LogP contribution in [0.15, 0.2) is 22.7 Å². The van der Waals surface area contributed by atoms with Crippen LogP contribution in [0.4, 0.5) is 5.69 Å². The van der Waals surface area contributed by atoms with Crippen molar-refractivity contribution in [3.63, 3.8) is 0 Å². The summed E-state index contributed by atoms with van der Waals surface area (Å²) in [5.74, 6) is 0.927. The second kappa shape index (κ2) is 6.43. The number of rotatable bonds is 4. The van der Waals surface area contributed by atoms with Gasteiger partial charge in [0.1, 0.15) is 5.75 Å². The van der Waals surface area contributed by atoms with Gasteiger partial charge in [-0.3, -0.25) is 0 Å². The Morgan fingerprint density at radius 1 is 1.44 bits per heavy atom. The molecule has 1 N–H and O–H groups in total. The van der Waals surface area contributed by atoms with Crippen molar-refractivity contribution < 1.29 is 4.74 Å². The predicted molar refractivity (Wildman–Crippen MR) is 79.6 cm³/mol. The van der Waals surface area contributed by atoms with Gasteiger partial charge in [-0.2, -0.15) is 0 Å². The quantitative estimate of drug-likeness (QED) is 0.925. The molecule has 1 aromatic rings. The summed E-state index contributed by atoms with van der Waals surface area (Å²) in [7, 11) is 3.85. The summed E-state index contributed by atoms with van der Waals surface area (Å²) in [5, 5.41) is 3.58. The number of ether oxygens (including phenoxy) is 1. The van der Waals surface area contributed by atoms with Crippen LogP contribution in [-0.4, -0.2) is 33.3 Å². The van der Waals surface area contributed by atoms with Crippen LogP contribution in [0.5, 0.6) is 5.75 Å². The summed E-state index contributed by atoms with van der Waals surface area (Å²) < 4.78 is 6.51. The number of benzene rings is 1. The van der Waals surface area contributed by atoms with E-state index in [0.717, 1.165) is 29.0 Å². The average molecular weight is 313 g/mol. The first-order valence-corrected chi connectivity index (χ1v) is 7.28. The third kappa shape index (κ3) is 3.39. The van der Waals surface area contributed by atoms with Crippen molar-refractivity contribution in [3.05, 3.63) is 22.7 Å². The first kappa shape index (κ1) is 13.7. The van der Waals surface area contributed by atoms with Crippen LogP contribution in [0.3, 0.4) is 0 Å². The SMILES string of the molecule is COc1ccc(Br)cc1N(C)CC1CCCCN1. The van der Waals surface area contributed by atoms with Crippen LogP contribution in [-0.2, 0) is 0 Å². The lowest BCUT2D eigenvalue weighted by atomic mass is 10.0. The standard InChI is InChI=1S/C14H21BrN2O/c1-17(10-12-5-3-4-8-16-12)13-9-11(15)6-7-14(13)18-2/h6-7,9,12,16H,3-5,8,10H2,1-2H3. The molecule has 1 heterocycles. The highest BCUT2D eigenvalue weighted by Gasteiger charge is 2.16. The minimum atomic E-state index is 0.590. The maximum absolute atomic E-state index is 5.43. The number of methoxy groups -OCH3 is 1. The number of nitrogens with one attached hydrogen (secondary N) is 1. The molecule has 1 saturated heterocycles. The van der Waals surface area contributed by atoms with Gasteiger partial charge >= 0.3 is 0 Å². The average Bonchev–Trinajstić information content (AvgIpc) is 2.40. The third-order valence-electron chi connectivity index (χ3n) is 3.46. The normalized spacial score (nSPS) is 19.6. The molecule has 0 amide bonds. The van der Waals surface area contributed by atoms with Gasteiger partial charge in [0.2, 0.25) is 0 Å². The third-order valence-corrected chi connectivity index (χ3v) is 3.95. The number of hydrogen-bond acceptors (Lipinski definition) is 3. The van der Waals surface area contributed by atoms with E-state index in [1.165, 1.54) is 19.3 Å². The first-order chi connectivity index (χ1) is 8.70. The molecular weight excluding hydrogens is 292 g/mol. The monoisotopic (exact) mass is 312 g/mol. The number of anilines is 1. The van der Waals surface area contributed by atoms with Crippen molar-refractivity contribution in [1.29, 1.82) is 0 Å². The van der Waals surface area contributed by atoms with Crippen molar-refractivity contribution in [2.45, 2.75) is 25.3 Å². The molecule has 4 heteroatoms. The Bertz CT molecular complexity index is 391. The van der Waals surface area contributed by atoms with Gasteiger partial charge in [0.05, 0.1) is 12.8 Å². The zero-order valence-electron chi connectivity index (χ0n) is 11.1. The van der Waals surface area contributed by atoms with Crippen LogP contribution >= 0.6 is 15.9 Å². The fraction of sp³-hybridized carbons (Fsp3) is 0.571. The Labute approximate surface area is 118 Å². The molecule has 1 fully saturated rings. The number of likely N-dealkylation sites (N-methyl/N-ethyl adjacent to an activating group) is 1. The topological polar surface area (TPSA) is 24.5 Å². The van der Waals surface area contributed by atoms with Crippen LogP contribution in [0.1, 0.15) is 19.3 Å². The summed E-state index contributed by atoms with van der Waals surface area (Å²) in [4.78, 5) is 2.27. The number of piperidine rings is 1. The number of hydrogen-bond donors (Lipinski definition) is 1. The van der Waals surface area contributed by atoms with Gasteiger partial charge in [0.25, 0.3) is 0 Å². The summed E-state index contributed by atoms with van der Waals surface area (Å²) in [6.45, 7) is 2.17. The highest BCUT2D eigenvalue weighted by molar-refractivity contribution is 9.10. The molecule has 3 nitrogen and oxygen atoms in total. The van der Waals surface area contributed by atoms with Gasteiger partial charge in [0, 0.05) is 24.1 Å². The molecule has 100 valence electrons. The minimum Gasteiger partial charge on any atom is -0.495 e. The molecule has 0 aromatic heterocycles. The summed E-state index contributed by atoms with van der Waals surface area (Å²) in [6.07, 6.45) is 3.90. The van der Waals surface area contributed by atoms with Gasteiger partial charge in [-0.1, -0.05) is 22.4 Å². The maximum atomic E-state index is 5.43. The highest BCUT2D eigenvalue weighted by Crippen LogP contribution is 2.31. The van der Waals surface area contributed by atoms with Crippen molar-refractivity contribution in [2.75, 3.05) is 32.1 Å². The summed E-state index contributed by atoms with van der Waals surface area (Å²) in [5.41, 5.74) is 1.14. The van der Waals surface area contributed by atoms with Crippen LogP contribution in [0.25, 0.3) is 0 Å². The molecule has 1 aliphatic heterocycles. The van der Waals surface area contributed by atoms with Crippen molar-refractivity contribution in [3.8, 4) is 5.75 Å². The fourth-order valence-corrected chi connectivity index (χ4v) is 2.82. The second-order valence-corrected chi connectivity index (χ2v) is 5.76. The molecule has 1 aromatic carbocycles. The molecule has 18 heavy (non-hydrogen) atoms. The minimum absolute atomic E-state index is 0.590. The number of nitrogens with zero attached hydrogens (tertiary/aromatic N) is 1. The molecule has 0 aliphatic carbocycles. The van der Waals surface area contributed by atoms with Crippen LogP contribution in [0.2, 0.25) is 0 Å². The van der Waals surface area contributed by atoms with Gasteiger partial charge in [-0.15, -0.1) is 0 Å². The van der Waals surface area contributed by atoms with Crippen molar-refractivity contribution in [2.24, 2.45) is 0 Å². The van der Waals surface area contributed by atoms with Crippen molar-refractivity contribution >= 4 is 21.6 Å². The molecule has 0 spiro atoms. The molecule has 1 aliphatic rings. The lowest BCUT2D eigenvalue weighted by molar-refractivity contribution is 0.397. The van der Waals surface area contributed by atoms with E-state index in [0.29, 0.717) is 6.04 Å². The van der Waals surface area contributed by atoms with E-state index in [4.69, 9.17) is 4.74 Å². The molecule has 2 rings (SSSR count). The van der Waals surface area contributed by atoms with E-state index < -0.39 is 0 Å². The molecule has 0 saturated carbocycles. The van der Waals surface area contributed by atoms with Gasteiger partial charge in [0.15, 0.2) is 0 Å². The van der Waals surface area contributed by atoms with Gasteiger partial charge < -0.3 is 15.0 Å². The Morgan fingerprint density at radius 2 is 2.28 bits per heavy atom. The second-order valence-electron chi connectivity index (χ2n) is 4.84. The molecular formula is C14H21BrN2O.